The van der Waals surface area contributed by atoms with Crippen molar-refractivity contribution in [1.29, 1.82) is 0 Å². The number of nitrogens with zero attached hydrogens (tertiary/aromatic N) is 1. The Balaban J connectivity index is 1.89. The highest BCUT2D eigenvalue weighted by molar-refractivity contribution is 9.10. The number of halogens is 3. The first kappa shape index (κ1) is 20.6. The number of hydrogen-bond donors (Lipinski definition) is 1. The summed E-state index contributed by atoms with van der Waals surface area (Å²) in [4.78, 5) is 12.7. The summed E-state index contributed by atoms with van der Waals surface area (Å²) in [6.45, 7) is 1.25. The summed E-state index contributed by atoms with van der Waals surface area (Å²) in [5.74, 6) is -0.487. The van der Waals surface area contributed by atoms with E-state index >= 15 is 0 Å². The van der Waals surface area contributed by atoms with Crippen LogP contribution < -0.4 is 5.32 Å². The number of carbonyl (C=O) groups is 1. The van der Waals surface area contributed by atoms with Crippen LogP contribution >= 0.6 is 39.1 Å². The molecule has 0 aromatic heterocycles. The van der Waals surface area contributed by atoms with E-state index in [0.29, 0.717) is 33.4 Å². The lowest BCUT2D eigenvalue weighted by Gasteiger charge is -2.26. The number of sulfonamides is 1. The van der Waals surface area contributed by atoms with Gasteiger partial charge in [0, 0.05) is 33.3 Å². The van der Waals surface area contributed by atoms with Crippen molar-refractivity contribution < 1.29 is 17.9 Å². The number of hydrogen-bond acceptors (Lipinski definition) is 4. The normalized spacial score (nSPS) is 15.5. The van der Waals surface area contributed by atoms with Gasteiger partial charge in [0.25, 0.3) is 5.91 Å². The molecule has 2 aromatic rings. The maximum atomic E-state index is 12.8. The zero-order valence-corrected chi connectivity index (χ0v) is 17.8. The lowest BCUT2D eigenvalue weighted by molar-refractivity contribution is 0.0730. The molecule has 1 saturated heterocycles. The first-order valence-electron chi connectivity index (χ1n) is 7.92. The first-order chi connectivity index (χ1) is 12.8. The average Bonchev–Trinajstić information content (AvgIpc) is 2.61. The van der Waals surface area contributed by atoms with Gasteiger partial charge in [-0.1, -0.05) is 23.2 Å². The molecular weight excluding hydrogens is 479 g/mol. The Morgan fingerprint density at radius 3 is 2.33 bits per heavy atom. The Morgan fingerprint density at radius 1 is 1.07 bits per heavy atom. The minimum atomic E-state index is -3.71. The van der Waals surface area contributed by atoms with Gasteiger partial charge in [0.05, 0.1) is 23.7 Å². The van der Waals surface area contributed by atoms with E-state index in [-0.39, 0.29) is 23.5 Å². The van der Waals surface area contributed by atoms with Gasteiger partial charge in [0.2, 0.25) is 10.0 Å². The van der Waals surface area contributed by atoms with Gasteiger partial charge in [-0.2, -0.15) is 4.31 Å². The minimum Gasteiger partial charge on any atom is -0.379 e. The molecular formula is C17H15BrCl2N2O4S. The van der Waals surface area contributed by atoms with Gasteiger partial charge < -0.3 is 10.1 Å². The van der Waals surface area contributed by atoms with Gasteiger partial charge in [-0.15, -0.1) is 0 Å². The monoisotopic (exact) mass is 492 g/mol. The maximum absolute atomic E-state index is 12.8. The second-order valence-corrected chi connectivity index (χ2v) is 9.44. The van der Waals surface area contributed by atoms with Crippen molar-refractivity contribution in [3.63, 3.8) is 0 Å². The molecule has 144 valence electrons. The smallest absolute Gasteiger partial charge is 0.256 e. The highest BCUT2D eigenvalue weighted by atomic mass is 79.9. The molecule has 1 N–H and O–H groups in total. The Hall–Kier alpha value is -1.16. The van der Waals surface area contributed by atoms with Crippen molar-refractivity contribution in [2.45, 2.75) is 4.90 Å². The number of ether oxygens (including phenoxy) is 1. The zero-order chi connectivity index (χ0) is 19.6. The summed E-state index contributed by atoms with van der Waals surface area (Å²) < 4.78 is 32.6. The number of benzene rings is 2. The van der Waals surface area contributed by atoms with Crippen LogP contribution in [0.1, 0.15) is 10.4 Å². The van der Waals surface area contributed by atoms with Crippen LogP contribution in [0, 0.1) is 0 Å². The van der Waals surface area contributed by atoms with Crippen molar-refractivity contribution in [2.75, 3.05) is 31.6 Å². The molecule has 0 unspecified atom stereocenters. The fourth-order valence-corrected chi connectivity index (χ4v) is 4.99. The number of morpholine rings is 1. The van der Waals surface area contributed by atoms with Gasteiger partial charge in [-0.25, -0.2) is 8.42 Å². The number of amides is 1. The summed E-state index contributed by atoms with van der Waals surface area (Å²) in [5, 5.41) is 3.42. The van der Waals surface area contributed by atoms with E-state index in [2.05, 4.69) is 21.2 Å². The molecule has 0 radical (unpaired) electrons. The highest BCUT2D eigenvalue weighted by Crippen LogP contribution is 2.27. The molecule has 2 aromatic carbocycles. The van der Waals surface area contributed by atoms with Crippen LogP contribution in [-0.2, 0) is 14.8 Å². The molecule has 0 saturated carbocycles. The molecule has 10 heteroatoms. The van der Waals surface area contributed by atoms with Crippen LogP contribution in [0.25, 0.3) is 0 Å². The van der Waals surface area contributed by atoms with Crippen molar-refractivity contribution >= 4 is 60.7 Å². The molecule has 1 amide bonds. The summed E-state index contributed by atoms with van der Waals surface area (Å²) in [6.07, 6.45) is 0. The fraction of sp³-hybridized carbons (Fsp3) is 0.235. The van der Waals surface area contributed by atoms with Crippen molar-refractivity contribution in [1.82, 2.24) is 4.31 Å². The number of rotatable bonds is 4. The fourth-order valence-electron chi connectivity index (χ4n) is 2.60. The summed E-state index contributed by atoms with van der Waals surface area (Å²) in [5.41, 5.74) is 0.589. The van der Waals surface area contributed by atoms with E-state index in [0.717, 1.165) is 0 Å². The quantitative estimate of drug-likeness (QED) is 0.697. The summed E-state index contributed by atoms with van der Waals surface area (Å²) in [6, 6.07) is 8.98. The highest BCUT2D eigenvalue weighted by Gasteiger charge is 2.27. The van der Waals surface area contributed by atoms with Crippen molar-refractivity contribution in [3.05, 3.63) is 56.5 Å². The standard InChI is InChI=1S/C17H15BrCl2N2O4S/c18-16-2-1-14(27(24,25)22-3-5-26-6-4-22)10-15(16)17(23)21-13-8-11(19)7-12(20)9-13/h1-2,7-10H,3-6H2,(H,21,23). The van der Waals surface area contributed by atoms with Gasteiger partial charge in [-0.3, -0.25) is 4.79 Å². The van der Waals surface area contributed by atoms with Crippen molar-refractivity contribution in [2.24, 2.45) is 0 Å². The Labute approximate surface area is 175 Å². The molecule has 0 bridgehead atoms. The molecule has 1 aliphatic rings. The average molecular weight is 494 g/mol. The molecule has 0 aliphatic carbocycles. The summed E-state index contributed by atoms with van der Waals surface area (Å²) in [7, 11) is -3.71. The van der Waals surface area contributed by atoms with Gasteiger partial charge >= 0.3 is 0 Å². The largest absolute Gasteiger partial charge is 0.379 e. The first-order valence-corrected chi connectivity index (χ1v) is 10.9. The summed E-state index contributed by atoms with van der Waals surface area (Å²) >= 11 is 15.2. The topological polar surface area (TPSA) is 75.7 Å². The van der Waals surface area contributed by atoms with E-state index in [1.807, 2.05) is 0 Å². The van der Waals surface area contributed by atoms with E-state index in [1.165, 1.54) is 22.5 Å². The van der Waals surface area contributed by atoms with Crippen LogP contribution in [-0.4, -0.2) is 44.9 Å². The lowest BCUT2D eigenvalue weighted by atomic mass is 10.2. The third-order valence-electron chi connectivity index (χ3n) is 3.91. The minimum absolute atomic E-state index is 0.0434. The van der Waals surface area contributed by atoms with Crippen LogP contribution in [0.3, 0.4) is 0 Å². The van der Waals surface area contributed by atoms with E-state index in [9.17, 15) is 13.2 Å². The second kappa shape index (κ2) is 8.46. The zero-order valence-electron chi connectivity index (χ0n) is 13.9. The number of carbonyl (C=O) groups excluding carboxylic acids is 1. The molecule has 1 aliphatic heterocycles. The third kappa shape index (κ3) is 4.82. The molecule has 1 fully saturated rings. The lowest BCUT2D eigenvalue weighted by Crippen LogP contribution is -2.40. The van der Waals surface area contributed by atoms with Crippen LogP contribution in [0.4, 0.5) is 5.69 Å². The molecule has 27 heavy (non-hydrogen) atoms. The SMILES string of the molecule is O=C(Nc1cc(Cl)cc(Cl)c1)c1cc(S(=O)(=O)N2CCOCC2)ccc1Br. The third-order valence-corrected chi connectivity index (χ3v) is 6.93. The van der Waals surface area contributed by atoms with E-state index in [1.54, 1.807) is 18.2 Å². The number of nitrogens with one attached hydrogen (secondary N) is 1. The molecule has 1 heterocycles. The number of anilines is 1. The molecule has 6 nitrogen and oxygen atoms in total. The van der Waals surface area contributed by atoms with Gasteiger partial charge in [-0.05, 0) is 52.3 Å². The van der Waals surface area contributed by atoms with Gasteiger partial charge in [0.15, 0.2) is 0 Å². The Bertz CT molecular complexity index is 959. The van der Waals surface area contributed by atoms with E-state index < -0.39 is 15.9 Å². The predicted octanol–water partition coefficient (Wildman–Crippen LogP) is 4.03. The van der Waals surface area contributed by atoms with Crippen LogP contribution in [0.2, 0.25) is 10.0 Å². The predicted molar refractivity (Wildman–Crippen MR) is 108 cm³/mol. The van der Waals surface area contributed by atoms with E-state index in [4.69, 9.17) is 27.9 Å². The molecule has 3 rings (SSSR count). The van der Waals surface area contributed by atoms with Crippen LogP contribution in [0.5, 0.6) is 0 Å². The van der Waals surface area contributed by atoms with Crippen molar-refractivity contribution in [3.8, 4) is 0 Å². The molecule has 0 spiro atoms. The Kier molecular flexibility index (Phi) is 6.45. The second-order valence-electron chi connectivity index (χ2n) is 5.77. The van der Waals surface area contributed by atoms with Crippen LogP contribution in [0.15, 0.2) is 45.8 Å². The molecule has 0 atom stereocenters. The maximum Gasteiger partial charge on any atom is 0.256 e. The van der Waals surface area contributed by atoms with Gasteiger partial charge in [0.1, 0.15) is 0 Å². The Morgan fingerprint density at radius 2 is 1.70 bits per heavy atom.